The molecule has 0 unspecified atom stereocenters. The first-order valence-corrected chi connectivity index (χ1v) is 9.41. The average molecular weight is 394 g/mol. The van der Waals surface area contributed by atoms with Gasteiger partial charge in [0.1, 0.15) is 5.75 Å². The van der Waals surface area contributed by atoms with Crippen molar-refractivity contribution in [3.8, 4) is 5.75 Å². The number of H-pyrrole nitrogens is 1. The molecule has 0 aliphatic carbocycles. The van der Waals surface area contributed by atoms with Crippen LogP contribution in [-0.2, 0) is 9.53 Å². The Kier molecular flexibility index (Phi) is 5.33. The number of piperazine rings is 1. The molecule has 0 atom stereocenters. The Morgan fingerprint density at radius 3 is 2.55 bits per heavy atom. The summed E-state index contributed by atoms with van der Waals surface area (Å²) in [5, 5.41) is 0. The highest BCUT2D eigenvalue weighted by Crippen LogP contribution is 2.20. The van der Waals surface area contributed by atoms with E-state index in [0.717, 1.165) is 35.6 Å². The minimum absolute atomic E-state index is 0.185. The van der Waals surface area contributed by atoms with E-state index in [9.17, 15) is 9.59 Å². The second-order valence-electron chi connectivity index (χ2n) is 6.78. The molecule has 1 saturated heterocycles. The molecule has 0 spiro atoms. The zero-order chi connectivity index (χ0) is 20.2. The van der Waals surface area contributed by atoms with E-state index in [1.54, 1.807) is 36.5 Å². The number of ether oxygens (including phenoxy) is 2. The first kappa shape index (κ1) is 18.8. The third-order valence-electron chi connectivity index (χ3n) is 5.05. The fourth-order valence-corrected chi connectivity index (χ4v) is 3.37. The van der Waals surface area contributed by atoms with Gasteiger partial charge in [0.15, 0.2) is 6.61 Å². The summed E-state index contributed by atoms with van der Waals surface area (Å²) in [6, 6.07) is 12.9. The molecule has 29 heavy (non-hydrogen) atoms. The summed E-state index contributed by atoms with van der Waals surface area (Å²) < 4.78 is 10.4. The van der Waals surface area contributed by atoms with Crippen molar-refractivity contribution in [3.63, 3.8) is 0 Å². The number of aromatic amines is 1. The van der Waals surface area contributed by atoms with E-state index in [1.807, 2.05) is 24.3 Å². The van der Waals surface area contributed by atoms with Crippen molar-refractivity contribution in [1.29, 1.82) is 0 Å². The summed E-state index contributed by atoms with van der Waals surface area (Å²) in [5.41, 5.74) is 3.00. The molecule has 8 heteroatoms. The predicted octanol–water partition coefficient (Wildman–Crippen LogP) is 2.08. The molecule has 1 fully saturated rings. The maximum absolute atomic E-state index is 12.4. The van der Waals surface area contributed by atoms with E-state index in [2.05, 4.69) is 14.9 Å². The molecule has 2 aromatic carbocycles. The molecule has 1 aromatic heterocycles. The molecule has 2 heterocycles. The lowest BCUT2D eigenvalue weighted by atomic mass is 10.2. The van der Waals surface area contributed by atoms with Crippen molar-refractivity contribution in [1.82, 2.24) is 14.9 Å². The average Bonchev–Trinajstić information content (AvgIpc) is 3.25. The van der Waals surface area contributed by atoms with Gasteiger partial charge in [0.25, 0.3) is 5.91 Å². The molecule has 0 saturated carbocycles. The number of hydrogen-bond donors (Lipinski definition) is 1. The van der Waals surface area contributed by atoms with Crippen molar-refractivity contribution in [2.45, 2.75) is 0 Å². The van der Waals surface area contributed by atoms with Gasteiger partial charge in [0.2, 0.25) is 0 Å². The van der Waals surface area contributed by atoms with Crippen LogP contribution in [0.5, 0.6) is 5.75 Å². The molecular formula is C21H22N4O4. The summed E-state index contributed by atoms with van der Waals surface area (Å²) >= 11 is 0. The van der Waals surface area contributed by atoms with Crippen molar-refractivity contribution >= 4 is 28.6 Å². The Balaban J connectivity index is 1.27. The van der Waals surface area contributed by atoms with Crippen LogP contribution in [0.2, 0.25) is 0 Å². The minimum atomic E-state index is -0.522. The number of anilines is 1. The smallest absolute Gasteiger partial charge is 0.338 e. The van der Waals surface area contributed by atoms with Gasteiger partial charge in [-0.05, 0) is 42.5 Å². The number of aromatic nitrogens is 2. The fourth-order valence-electron chi connectivity index (χ4n) is 3.37. The van der Waals surface area contributed by atoms with Crippen LogP contribution in [0, 0.1) is 0 Å². The van der Waals surface area contributed by atoms with Crippen LogP contribution in [0.3, 0.4) is 0 Å². The van der Waals surface area contributed by atoms with Gasteiger partial charge in [-0.2, -0.15) is 0 Å². The Bertz CT molecular complexity index is 1010. The van der Waals surface area contributed by atoms with E-state index in [-0.39, 0.29) is 12.5 Å². The maximum atomic E-state index is 12.4. The van der Waals surface area contributed by atoms with Crippen LogP contribution in [0.15, 0.2) is 48.8 Å². The van der Waals surface area contributed by atoms with Gasteiger partial charge in [-0.3, -0.25) is 4.79 Å². The van der Waals surface area contributed by atoms with Crippen LogP contribution < -0.4 is 9.64 Å². The van der Waals surface area contributed by atoms with Crippen LogP contribution >= 0.6 is 0 Å². The number of rotatable bonds is 5. The number of carbonyl (C=O) groups is 2. The first-order chi connectivity index (χ1) is 14.1. The number of carbonyl (C=O) groups excluding carboxylic acids is 2. The van der Waals surface area contributed by atoms with Crippen molar-refractivity contribution in [3.05, 3.63) is 54.4 Å². The second-order valence-corrected chi connectivity index (χ2v) is 6.78. The molecule has 0 radical (unpaired) electrons. The van der Waals surface area contributed by atoms with Gasteiger partial charge in [-0.15, -0.1) is 0 Å². The maximum Gasteiger partial charge on any atom is 0.338 e. The Hall–Kier alpha value is -3.55. The predicted molar refractivity (Wildman–Crippen MR) is 108 cm³/mol. The topological polar surface area (TPSA) is 87.8 Å². The van der Waals surface area contributed by atoms with Crippen molar-refractivity contribution < 1.29 is 19.1 Å². The van der Waals surface area contributed by atoms with Crippen LogP contribution in [0.1, 0.15) is 10.4 Å². The summed E-state index contributed by atoms with van der Waals surface area (Å²) in [6.07, 6.45) is 1.56. The number of fused-ring (bicyclic) bond motifs is 1. The zero-order valence-corrected chi connectivity index (χ0v) is 16.1. The van der Waals surface area contributed by atoms with Crippen molar-refractivity contribution in [2.75, 3.05) is 44.8 Å². The van der Waals surface area contributed by atoms with Gasteiger partial charge >= 0.3 is 5.97 Å². The van der Waals surface area contributed by atoms with E-state index < -0.39 is 5.97 Å². The number of imidazole rings is 1. The van der Waals surface area contributed by atoms with E-state index in [1.165, 1.54) is 0 Å². The van der Waals surface area contributed by atoms with Gasteiger partial charge in [-0.1, -0.05) is 0 Å². The third-order valence-corrected chi connectivity index (χ3v) is 5.05. The van der Waals surface area contributed by atoms with Gasteiger partial charge in [-0.25, -0.2) is 9.78 Å². The number of hydrogen-bond acceptors (Lipinski definition) is 6. The Morgan fingerprint density at radius 2 is 1.83 bits per heavy atom. The van der Waals surface area contributed by atoms with Gasteiger partial charge in [0.05, 0.1) is 30.0 Å². The number of nitrogens with zero attached hydrogens (tertiary/aromatic N) is 3. The molecule has 0 bridgehead atoms. The minimum Gasteiger partial charge on any atom is -0.497 e. The molecule has 1 aliphatic rings. The fraction of sp³-hybridized carbons (Fsp3) is 0.286. The number of benzene rings is 2. The summed E-state index contributed by atoms with van der Waals surface area (Å²) in [7, 11) is 1.64. The molecule has 4 rings (SSSR count). The molecule has 1 N–H and O–H groups in total. The number of methoxy groups -OCH3 is 1. The van der Waals surface area contributed by atoms with Gasteiger partial charge < -0.3 is 24.3 Å². The van der Waals surface area contributed by atoms with Crippen LogP contribution in [-0.4, -0.2) is 66.6 Å². The summed E-state index contributed by atoms with van der Waals surface area (Å²) in [6.45, 7) is 2.36. The van der Waals surface area contributed by atoms with Crippen molar-refractivity contribution in [2.24, 2.45) is 0 Å². The zero-order valence-electron chi connectivity index (χ0n) is 16.1. The summed E-state index contributed by atoms with van der Waals surface area (Å²) in [5.74, 6) is 0.109. The quantitative estimate of drug-likeness (QED) is 0.667. The molecule has 150 valence electrons. The Labute approximate surface area is 168 Å². The number of esters is 1. The van der Waals surface area contributed by atoms with E-state index in [4.69, 9.17) is 9.47 Å². The molecule has 8 nitrogen and oxygen atoms in total. The Morgan fingerprint density at radius 1 is 1.07 bits per heavy atom. The lowest BCUT2D eigenvalue weighted by Crippen LogP contribution is -2.49. The number of amides is 1. The largest absolute Gasteiger partial charge is 0.497 e. The monoisotopic (exact) mass is 394 g/mol. The molecular weight excluding hydrogens is 372 g/mol. The summed E-state index contributed by atoms with van der Waals surface area (Å²) in [4.78, 5) is 35.7. The van der Waals surface area contributed by atoms with Gasteiger partial charge in [0, 0.05) is 31.9 Å². The second kappa shape index (κ2) is 8.22. The van der Waals surface area contributed by atoms with Crippen LogP contribution in [0.25, 0.3) is 11.0 Å². The van der Waals surface area contributed by atoms with E-state index in [0.29, 0.717) is 18.7 Å². The molecule has 1 amide bonds. The highest BCUT2D eigenvalue weighted by Gasteiger charge is 2.22. The standard InChI is InChI=1S/C21H22N4O4/c1-28-17-5-3-16(4-6-17)24-8-10-25(11-9-24)20(26)13-29-21(27)15-2-7-18-19(12-15)23-14-22-18/h2-7,12,14H,8-11,13H2,1H3,(H,22,23). The SMILES string of the molecule is COc1ccc(N2CCN(C(=O)COC(=O)c3ccc4nc[nH]c4c3)CC2)cc1. The highest BCUT2D eigenvalue weighted by molar-refractivity contribution is 5.94. The lowest BCUT2D eigenvalue weighted by Gasteiger charge is -2.36. The molecule has 1 aliphatic heterocycles. The molecule has 3 aromatic rings. The van der Waals surface area contributed by atoms with E-state index >= 15 is 0 Å². The highest BCUT2D eigenvalue weighted by atomic mass is 16.5. The normalized spacial score (nSPS) is 14.1. The first-order valence-electron chi connectivity index (χ1n) is 9.41. The van der Waals surface area contributed by atoms with Crippen LogP contribution in [0.4, 0.5) is 5.69 Å². The number of nitrogens with one attached hydrogen (secondary N) is 1. The third kappa shape index (κ3) is 4.16. The lowest BCUT2D eigenvalue weighted by molar-refractivity contribution is -0.134.